The summed E-state index contributed by atoms with van der Waals surface area (Å²) in [5.41, 5.74) is 1.52. The fourth-order valence-electron chi connectivity index (χ4n) is 2.20. The van der Waals surface area contributed by atoms with Gasteiger partial charge in [0.05, 0.1) is 11.4 Å². The summed E-state index contributed by atoms with van der Waals surface area (Å²) >= 11 is 1.18. The lowest BCUT2D eigenvalue weighted by molar-refractivity contribution is -0.120. The van der Waals surface area contributed by atoms with Gasteiger partial charge >= 0.3 is 0 Å². The highest BCUT2D eigenvalue weighted by atomic mass is 32.2. The number of thioether (sulfide) groups is 1. The number of amides is 1. The summed E-state index contributed by atoms with van der Waals surface area (Å²) in [4.78, 5) is 16.3. The summed E-state index contributed by atoms with van der Waals surface area (Å²) in [6.07, 6.45) is 1.54. The number of aromatic nitrogens is 1. The summed E-state index contributed by atoms with van der Waals surface area (Å²) < 4.78 is 31.5. The van der Waals surface area contributed by atoms with E-state index in [1.807, 2.05) is 0 Å². The fourth-order valence-corrected chi connectivity index (χ4v) is 2.94. The first-order valence-electron chi connectivity index (χ1n) is 7.92. The van der Waals surface area contributed by atoms with E-state index in [2.05, 4.69) is 10.3 Å². The minimum Gasteiger partial charge on any atom is -0.431 e. The average molecular weight is 374 g/mol. The van der Waals surface area contributed by atoms with Crippen molar-refractivity contribution in [1.29, 1.82) is 0 Å². The summed E-state index contributed by atoms with van der Waals surface area (Å²) in [7, 11) is 0. The van der Waals surface area contributed by atoms with Crippen LogP contribution in [0.5, 0.6) is 0 Å². The van der Waals surface area contributed by atoms with Gasteiger partial charge in [-0.05, 0) is 48.9 Å². The lowest BCUT2D eigenvalue weighted by Crippen LogP contribution is -2.30. The van der Waals surface area contributed by atoms with E-state index in [0.717, 1.165) is 5.56 Å². The maximum Gasteiger partial charge on any atom is 0.256 e. The van der Waals surface area contributed by atoms with Crippen LogP contribution in [-0.2, 0) is 11.3 Å². The second kappa shape index (κ2) is 8.14. The van der Waals surface area contributed by atoms with Crippen molar-refractivity contribution in [3.63, 3.8) is 0 Å². The summed E-state index contributed by atoms with van der Waals surface area (Å²) in [5, 5.41) is 2.72. The average Bonchev–Trinajstić information content (AvgIpc) is 3.10. The Morgan fingerprint density at radius 3 is 2.38 bits per heavy atom. The third kappa shape index (κ3) is 4.70. The molecule has 0 radical (unpaired) electrons. The summed E-state index contributed by atoms with van der Waals surface area (Å²) in [6, 6.07) is 11.8. The number of rotatable bonds is 6. The van der Waals surface area contributed by atoms with E-state index in [9.17, 15) is 13.6 Å². The second-order valence-corrected chi connectivity index (χ2v) is 6.89. The molecule has 7 heteroatoms. The van der Waals surface area contributed by atoms with Crippen molar-refractivity contribution in [1.82, 2.24) is 10.3 Å². The molecule has 0 aliphatic carbocycles. The van der Waals surface area contributed by atoms with Crippen molar-refractivity contribution in [2.75, 3.05) is 0 Å². The SMILES string of the molecule is CC(Sc1ncc(-c2ccc(F)cc2)o1)C(=O)NCc1ccc(F)cc1. The number of nitrogens with zero attached hydrogens (tertiary/aromatic N) is 1. The van der Waals surface area contributed by atoms with Gasteiger partial charge in [-0.15, -0.1) is 0 Å². The maximum absolute atomic E-state index is 13.0. The van der Waals surface area contributed by atoms with Gasteiger partial charge in [-0.2, -0.15) is 0 Å². The van der Waals surface area contributed by atoms with Crippen molar-refractivity contribution < 1.29 is 18.0 Å². The molecule has 0 saturated heterocycles. The van der Waals surface area contributed by atoms with E-state index in [4.69, 9.17) is 4.42 Å². The molecule has 1 atom stereocenters. The Morgan fingerprint density at radius 2 is 1.73 bits per heavy atom. The normalized spacial score (nSPS) is 12.0. The third-order valence-electron chi connectivity index (χ3n) is 3.64. The first-order valence-corrected chi connectivity index (χ1v) is 8.80. The number of carbonyl (C=O) groups excluding carboxylic acids is 1. The van der Waals surface area contributed by atoms with Crippen molar-refractivity contribution in [2.24, 2.45) is 0 Å². The Labute approximate surface area is 153 Å². The molecule has 134 valence electrons. The number of nitrogens with one attached hydrogen (secondary N) is 1. The number of hydrogen-bond acceptors (Lipinski definition) is 4. The Kier molecular flexibility index (Phi) is 5.68. The Bertz CT molecular complexity index is 879. The molecule has 0 bridgehead atoms. The quantitative estimate of drug-likeness (QED) is 0.649. The Balaban J connectivity index is 1.55. The van der Waals surface area contributed by atoms with Crippen LogP contribution >= 0.6 is 11.8 Å². The predicted octanol–water partition coefficient (Wildman–Crippen LogP) is 4.42. The van der Waals surface area contributed by atoms with Crippen molar-refractivity contribution in [3.8, 4) is 11.3 Å². The number of carbonyl (C=O) groups is 1. The van der Waals surface area contributed by atoms with Gasteiger partial charge in [0.2, 0.25) is 5.91 Å². The van der Waals surface area contributed by atoms with Gasteiger partial charge in [0, 0.05) is 12.1 Å². The van der Waals surface area contributed by atoms with Gasteiger partial charge in [0.25, 0.3) is 5.22 Å². The molecule has 3 aromatic rings. The predicted molar refractivity (Wildman–Crippen MR) is 95.5 cm³/mol. The summed E-state index contributed by atoms with van der Waals surface area (Å²) in [5.74, 6) is -0.313. The standard InChI is InChI=1S/C19H16F2N2O2S/c1-12(18(24)22-10-13-2-6-15(20)7-3-13)26-19-23-11-17(25-19)14-4-8-16(21)9-5-14/h2-9,11-12H,10H2,1H3,(H,22,24). The highest BCUT2D eigenvalue weighted by Gasteiger charge is 2.17. The van der Waals surface area contributed by atoms with E-state index in [-0.39, 0.29) is 17.5 Å². The topological polar surface area (TPSA) is 55.1 Å². The van der Waals surface area contributed by atoms with Crippen LogP contribution in [0.3, 0.4) is 0 Å². The molecule has 26 heavy (non-hydrogen) atoms. The Morgan fingerprint density at radius 1 is 1.12 bits per heavy atom. The molecule has 0 saturated carbocycles. The van der Waals surface area contributed by atoms with E-state index >= 15 is 0 Å². The molecular formula is C19H16F2N2O2S. The van der Waals surface area contributed by atoms with Gasteiger partial charge < -0.3 is 9.73 Å². The monoisotopic (exact) mass is 374 g/mol. The zero-order valence-corrected chi connectivity index (χ0v) is 14.7. The van der Waals surface area contributed by atoms with Crippen LogP contribution in [0.25, 0.3) is 11.3 Å². The molecule has 2 aromatic carbocycles. The van der Waals surface area contributed by atoms with Gasteiger partial charge in [-0.3, -0.25) is 4.79 Å². The van der Waals surface area contributed by atoms with Gasteiger partial charge in [-0.1, -0.05) is 23.9 Å². The van der Waals surface area contributed by atoms with Crippen LogP contribution in [0.4, 0.5) is 8.78 Å². The molecular weight excluding hydrogens is 358 g/mol. The van der Waals surface area contributed by atoms with Crippen LogP contribution in [0.1, 0.15) is 12.5 Å². The van der Waals surface area contributed by atoms with E-state index in [1.54, 1.807) is 37.4 Å². The molecule has 1 heterocycles. The highest BCUT2D eigenvalue weighted by molar-refractivity contribution is 8.00. The van der Waals surface area contributed by atoms with Crippen LogP contribution in [0.15, 0.2) is 64.4 Å². The number of halogens is 2. The fraction of sp³-hybridized carbons (Fsp3) is 0.158. The van der Waals surface area contributed by atoms with Crippen molar-refractivity contribution in [2.45, 2.75) is 23.9 Å². The van der Waals surface area contributed by atoms with E-state index in [1.165, 1.54) is 36.0 Å². The molecule has 1 aromatic heterocycles. The zero-order valence-electron chi connectivity index (χ0n) is 13.9. The number of oxazole rings is 1. The lowest BCUT2D eigenvalue weighted by atomic mass is 10.2. The van der Waals surface area contributed by atoms with Crippen LogP contribution in [0.2, 0.25) is 0 Å². The molecule has 0 aliphatic heterocycles. The first-order chi connectivity index (χ1) is 12.5. The van der Waals surface area contributed by atoms with Crippen molar-refractivity contribution >= 4 is 17.7 Å². The number of benzene rings is 2. The Hall–Kier alpha value is -2.67. The third-order valence-corrected chi connectivity index (χ3v) is 4.60. The van der Waals surface area contributed by atoms with E-state index < -0.39 is 5.25 Å². The zero-order chi connectivity index (χ0) is 18.5. The molecule has 0 spiro atoms. The first kappa shape index (κ1) is 18.1. The lowest BCUT2D eigenvalue weighted by Gasteiger charge is -2.10. The van der Waals surface area contributed by atoms with Crippen molar-refractivity contribution in [3.05, 3.63) is 71.9 Å². The van der Waals surface area contributed by atoms with E-state index in [0.29, 0.717) is 23.1 Å². The minimum atomic E-state index is -0.421. The molecule has 3 rings (SSSR count). The number of hydrogen-bond donors (Lipinski definition) is 1. The summed E-state index contributed by atoms with van der Waals surface area (Å²) in [6.45, 7) is 2.06. The van der Waals surface area contributed by atoms with Gasteiger partial charge in [-0.25, -0.2) is 13.8 Å². The smallest absolute Gasteiger partial charge is 0.256 e. The van der Waals surface area contributed by atoms with Gasteiger partial charge in [0.15, 0.2) is 5.76 Å². The molecule has 4 nitrogen and oxygen atoms in total. The molecule has 1 amide bonds. The van der Waals surface area contributed by atoms with Crippen LogP contribution in [-0.4, -0.2) is 16.1 Å². The molecule has 0 aliphatic rings. The van der Waals surface area contributed by atoms with Gasteiger partial charge in [0.1, 0.15) is 11.6 Å². The second-order valence-electron chi connectivity index (χ2n) is 5.60. The molecule has 0 fully saturated rings. The highest BCUT2D eigenvalue weighted by Crippen LogP contribution is 2.28. The van der Waals surface area contributed by atoms with Crippen LogP contribution in [0, 0.1) is 11.6 Å². The molecule has 1 unspecified atom stereocenters. The largest absolute Gasteiger partial charge is 0.431 e. The van der Waals surface area contributed by atoms with Crippen LogP contribution < -0.4 is 5.32 Å². The molecule has 1 N–H and O–H groups in total. The minimum absolute atomic E-state index is 0.180. The maximum atomic E-state index is 13.0.